The van der Waals surface area contributed by atoms with Crippen molar-refractivity contribution in [1.29, 1.82) is 0 Å². The van der Waals surface area contributed by atoms with E-state index in [-0.39, 0.29) is 0 Å². The number of nitrogens with one attached hydrogen (secondary N) is 1. The number of ether oxygens (including phenoxy) is 1. The molecule has 4 nitrogen and oxygen atoms in total. The average molecular weight is 472 g/mol. The second-order valence-electron chi connectivity index (χ2n) is 6.86. The zero-order valence-electron chi connectivity index (χ0n) is 17.3. The van der Waals surface area contributed by atoms with E-state index < -0.39 is 7.25 Å². The van der Waals surface area contributed by atoms with Crippen LogP contribution in [0.4, 0.5) is 22.4 Å². The Balaban J connectivity index is 0.000000471. The van der Waals surface area contributed by atoms with E-state index in [0.29, 0.717) is 0 Å². The van der Waals surface area contributed by atoms with Crippen molar-refractivity contribution in [3.05, 3.63) is 84.2 Å². The van der Waals surface area contributed by atoms with Crippen LogP contribution in [0.2, 0.25) is 0 Å². The third-order valence-electron chi connectivity index (χ3n) is 4.58. The number of halogens is 4. The molecule has 0 amide bonds. The topological polar surface area (TPSA) is 48.9 Å². The number of aromatic amines is 1. The van der Waals surface area contributed by atoms with Crippen molar-refractivity contribution in [3.63, 3.8) is 0 Å². The Morgan fingerprint density at radius 1 is 0.909 bits per heavy atom. The molecule has 0 aliphatic heterocycles. The maximum absolute atomic E-state index is 9.75. The molecule has 0 radical (unpaired) electrons. The minimum atomic E-state index is -6.00. The summed E-state index contributed by atoms with van der Waals surface area (Å²) in [5.74, 6) is 1.58. The molecule has 5 rings (SSSR count). The fourth-order valence-corrected chi connectivity index (χ4v) is 4.06. The standard InChI is InChI=1S/C23H16N2O2S.BF4/c1-26-16-12-10-15(11-13-16)21-14-19(17-6-2-4-8-20(17)27-21)25-23-24-18-7-3-5-9-22(18)28-23;2-1(3,4)5/h2-14H,1H3;/q;-1/p+1. The Kier molecular flexibility index (Phi) is 6.46. The van der Waals surface area contributed by atoms with Crippen LogP contribution in [0.25, 0.3) is 32.5 Å². The van der Waals surface area contributed by atoms with E-state index in [1.165, 1.54) is 4.70 Å². The van der Waals surface area contributed by atoms with Crippen molar-refractivity contribution >= 4 is 44.9 Å². The van der Waals surface area contributed by atoms with Crippen LogP contribution in [-0.4, -0.2) is 14.4 Å². The molecule has 0 fully saturated rings. The van der Waals surface area contributed by atoms with Gasteiger partial charge in [0.25, 0.3) is 0 Å². The van der Waals surface area contributed by atoms with Gasteiger partial charge in [-0.3, -0.25) is 0 Å². The molecule has 168 valence electrons. The summed E-state index contributed by atoms with van der Waals surface area (Å²) in [4.78, 5) is 8.29. The van der Waals surface area contributed by atoms with Crippen LogP contribution in [0.1, 0.15) is 0 Å². The summed E-state index contributed by atoms with van der Waals surface area (Å²) in [6.45, 7) is 0. The minimum absolute atomic E-state index is 0.765. The molecule has 33 heavy (non-hydrogen) atoms. The van der Waals surface area contributed by atoms with Gasteiger partial charge >= 0.3 is 12.4 Å². The molecule has 0 bridgehead atoms. The first-order chi connectivity index (χ1) is 15.8. The van der Waals surface area contributed by atoms with Crippen LogP contribution in [0.3, 0.4) is 0 Å². The van der Waals surface area contributed by atoms with Gasteiger partial charge in [0.15, 0.2) is 5.36 Å². The van der Waals surface area contributed by atoms with Gasteiger partial charge in [0, 0.05) is 11.6 Å². The molecule has 0 unspecified atom stereocenters. The number of para-hydroxylation sites is 2. The molecule has 0 aliphatic rings. The van der Waals surface area contributed by atoms with Crippen molar-refractivity contribution in [1.82, 2.24) is 0 Å². The zero-order chi connectivity index (χ0) is 23.4. The summed E-state index contributed by atoms with van der Waals surface area (Å²) in [5.41, 5.74) is 2.87. The molecular weight excluding hydrogens is 455 g/mol. The van der Waals surface area contributed by atoms with Crippen molar-refractivity contribution in [3.8, 4) is 17.1 Å². The lowest BCUT2D eigenvalue weighted by atomic mass is 10.1. The molecule has 5 aromatic rings. The third kappa shape index (κ3) is 5.78. The third-order valence-corrected chi connectivity index (χ3v) is 5.55. The molecule has 0 saturated heterocycles. The molecule has 10 heteroatoms. The van der Waals surface area contributed by atoms with E-state index in [4.69, 9.17) is 14.1 Å². The predicted octanol–water partition coefficient (Wildman–Crippen LogP) is 6.67. The quantitative estimate of drug-likeness (QED) is 0.218. The second kappa shape index (κ2) is 9.46. The highest BCUT2D eigenvalue weighted by Gasteiger charge is 2.20. The minimum Gasteiger partial charge on any atom is -0.497 e. The Bertz CT molecular complexity index is 1420. The molecule has 0 spiro atoms. The highest BCUT2D eigenvalue weighted by Crippen LogP contribution is 2.26. The SMILES string of the molecule is COc1ccc(-c2cc(=Nc3[nH+]c4ccccc4s3)c3ccccc3o2)cc1.F[B-](F)(F)F. The molecule has 0 atom stereocenters. The number of hydrogen-bond acceptors (Lipinski definition) is 4. The Morgan fingerprint density at radius 3 is 2.27 bits per heavy atom. The largest absolute Gasteiger partial charge is 0.673 e. The normalized spacial score (nSPS) is 12.0. The molecule has 3 aromatic carbocycles. The van der Waals surface area contributed by atoms with Crippen LogP contribution in [0.15, 0.2) is 88.3 Å². The molecular formula is C23H17BF4N2O2S. The number of aromatic nitrogens is 1. The van der Waals surface area contributed by atoms with Gasteiger partial charge in [-0.05, 0) is 64.9 Å². The Labute approximate surface area is 189 Å². The molecule has 0 aliphatic carbocycles. The highest BCUT2D eigenvalue weighted by atomic mass is 32.1. The smallest absolute Gasteiger partial charge is 0.497 e. The van der Waals surface area contributed by atoms with Crippen molar-refractivity contribution in [2.24, 2.45) is 4.99 Å². The van der Waals surface area contributed by atoms with Crippen LogP contribution in [0, 0.1) is 0 Å². The van der Waals surface area contributed by atoms with Crippen molar-refractivity contribution in [2.75, 3.05) is 7.11 Å². The van der Waals surface area contributed by atoms with E-state index in [1.54, 1.807) is 18.4 Å². The van der Waals surface area contributed by atoms with Gasteiger partial charge in [0.2, 0.25) is 0 Å². The van der Waals surface area contributed by atoms with E-state index in [1.807, 2.05) is 66.7 Å². The lowest BCUT2D eigenvalue weighted by molar-refractivity contribution is -0.323. The predicted molar refractivity (Wildman–Crippen MR) is 122 cm³/mol. The van der Waals surface area contributed by atoms with Crippen molar-refractivity contribution in [2.45, 2.75) is 0 Å². The van der Waals surface area contributed by atoms with E-state index in [2.05, 4.69) is 17.1 Å². The van der Waals surface area contributed by atoms with E-state index in [9.17, 15) is 17.3 Å². The lowest BCUT2D eigenvalue weighted by Gasteiger charge is -2.04. The van der Waals surface area contributed by atoms with Crippen LogP contribution < -0.4 is 15.1 Å². The molecule has 1 N–H and O–H groups in total. The van der Waals surface area contributed by atoms with E-state index in [0.717, 1.165) is 44.0 Å². The number of benzene rings is 3. The monoisotopic (exact) mass is 472 g/mol. The first-order valence-corrected chi connectivity index (χ1v) is 10.6. The van der Waals surface area contributed by atoms with Crippen LogP contribution in [0.5, 0.6) is 5.75 Å². The van der Waals surface area contributed by atoms with Gasteiger partial charge in [0.1, 0.15) is 22.6 Å². The second-order valence-corrected chi connectivity index (χ2v) is 7.89. The fraction of sp³-hybridized carbons (Fsp3) is 0.0435. The van der Waals surface area contributed by atoms with Crippen LogP contribution in [-0.2, 0) is 0 Å². The number of methoxy groups -OCH3 is 1. The van der Waals surface area contributed by atoms with Gasteiger partial charge < -0.3 is 26.4 Å². The number of hydrogen-bond donors (Lipinski definition) is 0. The van der Waals surface area contributed by atoms with Gasteiger partial charge in [-0.1, -0.05) is 24.3 Å². The molecule has 2 heterocycles. The Hall–Kier alpha value is -3.66. The van der Waals surface area contributed by atoms with Gasteiger partial charge in [0.05, 0.1) is 17.2 Å². The first kappa shape index (κ1) is 22.5. The molecule has 2 aromatic heterocycles. The maximum Gasteiger partial charge on any atom is 0.673 e. The first-order valence-electron chi connectivity index (χ1n) is 9.80. The van der Waals surface area contributed by atoms with Gasteiger partial charge in [-0.2, -0.15) is 0 Å². The number of fused-ring (bicyclic) bond motifs is 2. The lowest BCUT2D eigenvalue weighted by Crippen LogP contribution is -2.05. The summed E-state index contributed by atoms with van der Waals surface area (Å²) < 4.78 is 51.6. The van der Waals surface area contributed by atoms with Crippen molar-refractivity contribution < 1.29 is 31.4 Å². The summed E-state index contributed by atoms with van der Waals surface area (Å²) >= 11 is 1.64. The van der Waals surface area contributed by atoms with Gasteiger partial charge in [-0.15, -0.1) is 0 Å². The summed E-state index contributed by atoms with van der Waals surface area (Å²) in [6.07, 6.45) is 0. The molecule has 0 saturated carbocycles. The van der Waals surface area contributed by atoms with Crippen LogP contribution >= 0.6 is 11.3 Å². The summed E-state index contributed by atoms with van der Waals surface area (Å²) in [5, 5.41) is 2.71. The fourth-order valence-electron chi connectivity index (χ4n) is 3.17. The summed E-state index contributed by atoms with van der Waals surface area (Å²) in [7, 11) is -4.34. The average Bonchev–Trinajstić information content (AvgIpc) is 3.20. The number of H-pyrrole nitrogens is 1. The highest BCUT2D eigenvalue weighted by molar-refractivity contribution is 7.21. The number of rotatable bonds is 3. The van der Waals surface area contributed by atoms with E-state index >= 15 is 0 Å². The van der Waals surface area contributed by atoms with Gasteiger partial charge in [-0.25, -0.2) is 4.98 Å². The maximum atomic E-state index is 9.75. The Morgan fingerprint density at radius 2 is 1.58 bits per heavy atom. The number of thiazole rings is 1. The summed E-state index contributed by atoms with van der Waals surface area (Å²) in [6, 6.07) is 26.0. The number of nitrogens with zero attached hydrogens (tertiary/aromatic N) is 1. The zero-order valence-corrected chi connectivity index (χ0v) is 18.1.